The molecule has 1 aliphatic carbocycles. The van der Waals surface area contributed by atoms with Gasteiger partial charge in [-0.1, -0.05) is 37.5 Å². The van der Waals surface area contributed by atoms with E-state index < -0.39 is 4.92 Å². The van der Waals surface area contributed by atoms with Gasteiger partial charge in [-0.2, -0.15) is 0 Å². The number of urea groups is 1. The number of para-hydroxylation sites is 1. The fraction of sp³-hybridized carbons (Fsp3) is 0.440. The molecule has 180 valence electrons. The summed E-state index contributed by atoms with van der Waals surface area (Å²) in [5.74, 6) is -0.237. The maximum absolute atomic E-state index is 13.0. The summed E-state index contributed by atoms with van der Waals surface area (Å²) < 4.78 is 0. The third-order valence-electron chi connectivity index (χ3n) is 6.55. The van der Waals surface area contributed by atoms with Crippen molar-refractivity contribution in [1.82, 2.24) is 15.5 Å². The zero-order chi connectivity index (χ0) is 23.9. The first kappa shape index (κ1) is 23.5. The van der Waals surface area contributed by atoms with E-state index in [2.05, 4.69) is 16.0 Å². The van der Waals surface area contributed by atoms with Gasteiger partial charge in [0.1, 0.15) is 5.69 Å². The predicted octanol–water partition coefficient (Wildman–Crippen LogP) is 4.57. The summed E-state index contributed by atoms with van der Waals surface area (Å²) in [6.45, 7) is 0.982. The minimum atomic E-state index is -0.483. The van der Waals surface area contributed by atoms with Crippen LogP contribution in [-0.2, 0) is 0 Å². The molecule has 0 aromatic heterocycles. The zero-order valence-corrected chi connectivity index (χ0v) is 19.2. The second-order valence-corrected chi connectivity index (χ2v) is 9.00. The first-order chi connectivity index (χ1) is 16.5. The third kappa shape index (κ3) is 6.03. The lowest BCUT2D eigenvalue weighted by Crippen LogP contribution is -2.51. The molecule has 2 fully saturated rings. The average Bonchev–Trinajstić information content (AvgIpc) is 2.85. The van der Waals surface area contributed by atoms with Crippen LogP contribution in [0, 0.1) is 10.1 Å². The van der Waals surface area contributed by atoms with Gasteiger partial charge < -0.3 is 20.9 Å². The molecule has 2 aromatic rings. The van der Waals surface area contributed by atoms with Crippen molar-refractivity contribution < 1.29 is 14.5 Å². The summed E-state index contributed by atoms with van der Waals surface area (Å²) in [5.41, 5.74) is 1.20. The van der Waals surface area contributed by atoms with Crippen molar-refractivity contribution in [3.05, 3.63) is 64.2 Å². The van der Waals surface area contributed by atoms with E-state index in [-0.39, 0.29) is 35.3 Å². The van der Waals surface area contributed by atoms with E-state index in [1.165, 1.54) is 12.5 Å². The van der Waals surface area contributed by atoms with Gasteiger partial charge in [-0.05, 0) is 49.9 Å². The minimum absolute atomic E-state index is 0.0134. The molecule has 9 nitrogen and oxygen atoms in total. The van der Waals surface area contributed by atoms with E-state index in [4.69, 9.17) is 0 Å². The lowest BCUT2D eigenvalue weighted by atomic mass is 9.96. The number of piperidine rings is 1. The summed E-state index contributed by atoms with van der Waals surface area (Å²) in [6, 6.07) is 13.8. The number of nitro groups is 1. The molecule has 0 atom stereocenters. The molecule has 1 saturated heterocycles. The number of benzene rings is 2. The largest absolute Gasteiger partial charge is 0.350 e. The Hall–Kier alpha value is -3.62. The molecular formula is C25H31N5O4. The van der Waals surface area contributed by atoms with Gasteiger partial charge in [-0.3, -0.25) is 14.9 Å². The van der Waals surface area contributed by atoms with E-state index in [9.17, 15) is 19.7 Å². The SMILES string of the molecule is O=C(NC1CCCCC1)NC1CCN(C(=O)c2ccc(Nc3ccccc3)c([N+](=O)[O-])c2)CC1. The topological polar surface area (TPSA) is 117 Å². The average molecular weight is 466 g/mol. The Balaban J connectivity index is 1.33. The van der Waals surface area contributed by atoms with E-state index in [1.54, 1.807) is 17.0 Å². The lowest BCUT2D eigenvalue weighted by molar-refractivity contribution is -0.383. The highest BCUT2D eigenvalue weighted by atomic mass is 16.6. The molecule has 2 aliphatic rings. The van der Waals surface area contributed by atoms with Crippen LogP contribution >= 0.6 is 0 Å². The van der Waals surface area contributed by atoms with Crippen LogP contribution in [0.1, 0.15) is 55.3 Å². The molecule has 1 aliphatic heterocycles. The van der Waals surface area contributed by atoms with Crippen LogP contribution in [0.15, 0.2) is 48.5 Å². The fourth-order valence-corrected chi connectivity index (χ4v) is 4.67. The molecule has 0 unspecified atom stereocenters. The number of likely N-dealkylation sites (tertiary alicyclic amines) is 1. The maximum atomic E-state index is 13.0. The highest BCUT2D eigenvalue weighted by Gasteiger charge is 2.27. The van der Waals surface area contributed by atoms with Gasteiger partial charge in [0, 0.05) is 42.5 Å². The summed E-state index contributed by atoms with van der Waals surface area (Å²) in [4.78, 5) is 38.2. The Labute approximate surface area is 199 Å². The predicted molar refractivity (Wildman–Crippen MR) is 130 cm³/mol. The van der Waals surface area contributed by atoms with Crippen molar-refractivity contribution in [3.63, 3.8) is 0 Å². The Morgan fingerprint density at radius 1 is 0.882 bits per heavy atom. The molecule has 3 N–H and O–H groups in total. The van der Waals surface area contributed by atoms with Crippen LogP contribution in [0.25, 0.3) is 0 Å². The summed E-state index contributed by atoms with van der Waals surface area (Å²) in [7, 11) is 0. The number of carbonyl (C=O) groups is 2. The summed E-state index contributed by atoms with van der Waals surface area (Å²) in [6.07, 6.45) is 6.93. The minimum Gasteiger partial charge on any atom is -0.350 e. The standard InChI is InChI=1S/C25H31N5O4/c31-24(18-11-12-22(23(17-18)30(33)34)26-19-7-3-1-4-8-19)29-15-13-21(14-16-29)28-25(32)27-20-9-5-2-6-10-20/h1,3-4,7-8,11-12,17,20-21,26H,2,5-6,9-10,13-16H2,(H2,27,28,32). The number of hydrogen-bond acceptors (Lipinski definition) is 5. The second kappa shape index (κ2) is 11.0. The molecule has 0 spiro atoms. The molecule has 9 heteroatoms. The number of hydrogen-bond donors (Lipinski definition) is 3. The zero-order valence-electron chi connectivity index (χ0n) is 19.2. The maximum Gasteiger partial charge on any atom is 0.315 e. The van der Waals surface area contributed by atoms with Crippen molar-refractivity contribution in [2.45, 2.75) is 57.0 Å². The monoisotopic (exact) mass is 465 g/mol. The van der Waals surface area contributed by atoms with Gasteiger partial charge >= 0.3 is 6.03 Å². The Morgan fingerprint density at radius 2 is 1.53 bits per heavy atom. The van der Waals surface area contributed by atoms with Crippen LogP contribution in [0.5, 0.6) is 0 Å². The van der Waals surface area contributed by atoms with Gasteiger partial charge in [0.05, 0.1) is 4.92 Å². The molecule has 3 amide bonds. The van der Waals surface area contributed by atoms with E-state index in [0.717, 1.165) is 31.4 Å². The Bertz CT molecular complexity index is 1020. The van der Waals surface area contributed by atoms with E-state index in [1.807, 2.05) is 30.3 Å². The normalized spacial score (nSPS) is 17.1. The quantitative estimate of drug-likeness (QED) is 0.427. The Kier molecular flexibility index (Phi) is 7.61. The number of anilines is 2. The first-order valence-corrected chi connectivity index (χ1v) is 12.0. The van der Waals surface area contributed by atoms with Crippen LogP contribution in [0.2, 0.25) is 0 Å². The van der Waals surface area contributed by atoms with E-state index >= 15 is 0 Å². The van der Waals surface area contributed by atoms with Gasteiger partial charge in [0.15, 0.2) is 0 Å². The Morgan fingerprint density at radius 3 is 2.18 bits per heavy atom. The van der Waals surface area contributed by atoms with Crippen molar-refractivity contribution in [3.8, 4) is 0 Å². The van der Waals surface area contributed by atoms with Gasteiger partial charge in [-0.15, -0.1) is 0 Å². The highest BCUT2D eigenvalue weighted by molar-refractivity contribution is 5.96. The van der Waals surface area contributed by atoms with Crippen molar-refractivity contribution in [2.75, 3.05) is 18.4 Å². The lowest BCUT2D eigenvalue weighted by Gasteiger charge is -2.33. The van der Waals surface area contributed by atoms with Gasteiger partial charge in [-0.25, -0.2) is 4.79 Å². The van der Waals surface area contributed by atoms with Crippen LogP contribution < -0.4 is 16.0 Å². The van der Waals surface area contributed by atoms with Crippen molar-refractivity contribution in [1.29, 1.82) is 0 Å². The number of nitro benzene ring substituents is 1. The molecule has 0 bridgehead atoms. The number of amides is 3. The fourth-order valence-electron chi connectivity index (χ4n) is 4.67. The first-order valence-electron chi connectivity index (χ1n) is 12.0. The van der Waals surface area contributed by atoms with Gasteiger partial charge in [0.2, 0.25) is 0 Å². The number of carbonyl (C=O) groups excluding carboxylic acids is 2. The van der Waals surface area contributed by atoms with Gasteiger partial charge in [0.25, 0.3) is 11.6 Å². The van der Waals surface area contributed by atoms with Crippen LogP contribution in [0.4, 0.5) is 21.9 Å². The van der Waals surface area contributed by atoms with Crippen molar-refractivity contribution in [2.24, 2.45) is 0 Å². The molecule has 34 heavy (non-hydrogen) atoms. The number of nitrogens with one attached hydrogen (secondary N) is 3. The van der Waals surface area contributed by atoms with E-state index in [0.29, 0.717) is 31.6 Å². The summed E-state index contributed by atoms with van der Waals surface area (Å²) >= 11 is 0. The number of nitrogens with zero attached hydrogens (tertiary/aromatic N) is 2. The molecule has 1 heterocycles. The molecule has 2 aromatic carbocycles. The smallest absolute Gasteiger partial charge is 0.315 e. The second-order valence-electron chi connectivity index (χ2n) is 9.00. The number of rotatable bonds is 6. The molecule has 0 radical (unpaired) electrons. The molecular weight excluding hydrogens is 434 g/mol. The van der Waals surface area contributed by atoms with Crippen LogP contribution in [0.3, 0.4) is 0 Å². The van der Waals surface area contributed by atoms with Crippen molar-refractivity contribution >= 4 is 29.0 Å². The van der Waals surface area contributed by atoms with Crippen LogP contribution in [-0.4, -0.2) is 46.9 Å². The summed E-state index contributed by atoms with van der Waals surface area (Å²) in [5, 5.41) is 20.8. The third-order valence-corrected chi connectivity index (χ3v) is 6.55. The molecule has 1 saturated carbocycles. The highest BCUT2D eigenvalue weighted by Crippen LogP contribution is 2.29. The molecule has 4 rings (SSSR count).